The van der Waals surface area contributed by atoms with E-state index in [9.17, 15) is 9.59 Å². The van der Waals surface area contributed by atoms with Crippen molar-refractivity contribution >= 4 is 0 Å². The Kier molecular flexibility index (Phi) is 7.23. The highest BCUT2D eigenvalue weighted by atomic mass is 16.5. The molecule has 0 spiro atoms. The molecule has 4 aromatic carbocycles. The number of aryl methyl sites for hydroxylation is 3. The number of benzene rings is 4. The number of ether oxygens (including phenoxy) is 1. The Morgan fingerprint density at radius 1 is 0.643 bits per heavy atom. The topological polar surface area (TPSA) is 84.8 Å². The smallest absolute Gasteiger partial charge is 0.275 e. The predicted octanol–water partition coefficient (Wildman–Crippen LogP) is 6.33. The summed E-state index contributed by atoms with van der Waals surface area (Å²) in [4.78, 5) is 28.0. The van der Waals surface area contributed by atoms with Crippen LogP contribution in [0.4, 0.5) is 0 Å². The summed E-state index contributed by atoms with van der Waals surface area (Å²) >= 11 is 0. The van der Waals surface area contributed by atoms with Crippen molar-refractivity contribution in [2.45, 2.75) is 33.3 Å². The summed E-state index contributed by atoms with van der Waals surface area (Å²) in [6.07, 6.45) is 0. The molecule has 42 heavy (non-hydrogen) atoms. The summed E-state index contributed by atoms with van der Waals surface area (Å²) < 4.78 is 9.14. The SMILES string of the molecule is Cc1cccc(COc2ccc(C(c3c(C)[nH]n(-c4ccccc4)c3=O)c3c(C)[nH]n(-c4ccccc4)c3=O)cc2)c1. The molecule has 0 unspecified atom stereocenters. The number of nitrogens with zero attached hydrogens (tertiary/aromatic N) is 2. The second-order valence-corrected chi connectivity index (χ2v) is 10.5. The van der Waals surface area contributed by atoms with Gasteiger partial charge in [0.05, 0.1) is 22.5 Å². The van der Waals surface area contributed by atoms with Crippen LogP contribution in [0.2, 0.25) is 0 Å². The average Bonchev–Trinajstić information content (AvgIpc) is 3.48. The Labute approximate surface area is 243 Å². The van der Waals surface area contributed by atoms with Crippen LogP contribution >= 0.6 is 0 Å². The highest BCUT2D eigenvalue weighted by molar-refractivity contribution is 5.48. The number of aromatic amines is 2. The van der Waals surface area contributed by atoms with Gasteiger partial charge in [-0.05, 0) is 68.3 Å². The van der Waals surface area contributed by atoms with E-state index in [4.69, 9.17) is 4.74 Å². The lowest BCUT2D eigenvalue weighted by Gasteiger charge is -2.16. The minimum atomic E-state index is -0.613. The molecular formula is C35H32N4O3. The fourth-order valence-corrected chi connectivity index (χ4v) is 5.52. The molecular weight excluding hydrogens is 524 g/mol. The van der Waals surface area contributed by atoms with E-state index < -0.39 is 5.92 Å². The molecule has 6 rings (SSSR count). The van der Waals surface area contributed by atoms with Crippen molar-refractivity contribution in [2.24, 2.45) is 0 Å². The summed E-state index contributed by atoms with van der Waals surface area (Å²) in [5.41, 5.74) is 6.57. The monoisotopic (exact) mass is 556 g/mol. The molecule has 0 fully saturated rings. The zero-order valence-corrected chi connectivity index (χ0v) is 23.8. The first kappa shape index (κ1) is 26.9. The Bertz CT molecular complexity index is 1850. The van der Waals surface area contributed by atoms with Gasteiger partial charge >= 0.3 is 0 Å². The summed E-state index contributed by atoms with van der Waals surface area (Å²) in [5.74, 6) is 0.0947. The maximum Gasteiger partial charge on any atom is 0.275 e. The molecule has 6 aromatic rings. The third kappa shape index (κ3) is 5.12. The van der Waals surface area contributed by atoms with Crippen LogP contribution in [0.1, 0.15) is 45.1 Å². The third-order valence-corrected chi connectivity index (χ3v) is 7.54. The van der Waals surface area contributed by atoms with Crippen molar-refractivity contribution in [2.75, 3.05) is 0 Å². The van der Waals surface area contributed by atoms with Crippen molar-refractivity contribution in [3.05, 3.63) is 169 Å². The standard InChI is InChI=1S/C35H32N4O3/c1-23-11-10-12-26(21-23)22-42-30-19-17-27(18-20-30)33(31-24(2)36-38(34(31)40)28-13-6-4-7-14-28)32-25(3)37-39(35(32)41)29-15-8-5-9-16-29/h4-21,33,36-37H,22H2,1-3H3. The quantitative estimate of drug-likeness (QED) is 0.230. The maximum absolute atomic E-state index is 14.0. The molecule has 7 nitrogen and oxygen atoms in total. The number of nitrogens with one attached hydrogen (secondary N) is 2. The lowest BCUT2D eigenvalue weighted by atomic mass is 9.85. The lowest BCUT2D eigenvalue weighted by Crippen LogP contribution is -2.25. The van der Waals surface area contributed by atoms with Gasteiger partial charge in [-0.25, -0.2) is 9.36 Å². The van der Waals surface area contributed by atoms with Gasteiger partial charge in [-0.3, -0.25) is 19.8 Å². The fourth-order valence-electron chi connectivity index (χ4n) is 5.52. The molecule has 0 amide bonds. The molecule has 2 N–H and O–H groups in total. The largest absolute Gasteiger partial charge is 0.489 e. The molecule has 2 heterocycles. The van der Waals surface area contributed by atoms with Crippen molar-refractivity contribution < 1.29 is 4.74 Å². The summed E-state index contributed by atoms with van der Waals surface area (Å²) in [5, 5.41) is 6.48. The van der Waals surface area contributed by atoms with Gasteiger partial charge in [0.2, 0.25) is 0 Å². The van der Waals surface area contributed by atoms with Crippen molar-refractivity contribution in [3.8, 4) is 17.1 Å². The molecule has 210 valence electrons. The van der Waals surface area contributed by atoms with Gasteiger partial charge in [0, 0.05) is 17.3 Å². The Balaban J connectivity index is 1.45. The Hall–Kier alpha value is -5.30. The van der Waals surface area contributed by atoms with Gasteiger partial charge in [-0.1, -0.05) is 78.4 Å². The minimum absolute atomic E-state index is 0.199. The molecule has 0 radical (unpaired) electrons. The molecule has 7 heteroatoms. The van der Waals surface area contributed by atoms with Crippen molar-refractivity contribution in [1.82, 2.24) is 19.6 Å². The first-order valence-electron chi connectivity index (χ1n) is 13.9. The van der Waals surface area contributed by atoms with Crippen LogP contribution in [0, 0.1) is 20.8 Å². The van der Waals surface area contributed by atoms with E-state index >= 15 is 0 Å². The molecule has 0 saturated carbocycles. The summed E-state index contributed by atoms with van der Waals surface area (Å²) in [7, 11) is 0. The Morgan fingerprint density at radius 3 is 1.67 bits per heavy atom. The highest BCUT2D eigenvalue weighted by Gasteiger charge is 2.31. The molecule has 0 bridgehead atoms. The van der Waals surface area contributed by atoms with Crippen LogP contribution in [-0.4, -0.2) is 19.6 Å². The number of hydrogen-bond acceptors (Lipinski definition) is 3. The van der Waals surface area contributed by atoms with Crippen LogP contribution in [0.5, 0.6) is 5.75 Å². The highest BCUT2D eigenvalue weighted by Crippen LogP contribution is 2.33. The van der Waals surface area contributed by atoms with E-state index in [1.807, 2.05) is 111 Å². The molecule has 0 aliphatic rings. The second kappa shape index (κ2) is 11.3. The van der Waals surface area contributed by atoms with E-state index in [0.29, 0.717) is 34.9 Å². The molecule has 0 saturated heterocycles. The molecule has 0 aliphatic heterocycles. The van der Waals surface area contributed by atoms with Crippen LogP contribution in [0.3, 0.4) is 0 Å². The third-order valence-electron chi connectivity index (χ3n) is 7.54. The van der Waals surface area contributed by atoms with E-state index in [-0.39, 0.29) is 11.1 Å². The van der Waals surface area contributed by atoms with E-state index in [1.165, 1.54) is 14.9 Å². The van der Waals surface area contributed by atoms with Crippen molar-refractivity contribution in [1.29, 1.82) is 0 Å². The zero-order chi connectivity index (χ0) is 29.2. The number of rotatable bonds is 8. The Morgan fingerprint density at radius 2 is 1.17 bits per heavy atom. The van der Waals surface area contributed by atoms with Gasteiger partial charge in [0.15, 0.2) is 0 Å². The molecule has 2 aromatic heterocycles. The first-order valence-corrected chi connectivity index (χ1v) is 13.9. The summed E-state index contributed by atoms with van der Waals surface area (Å²) in [6, 6.07) is 34.8. The molecule has 0 atom stereocenters. The minimum Gasteiger partial charge on any atom is -0.489 e. The van der Waals surface area contributed by atoms with E-state index in [2.05, 4.69) is 29.3 Å². The second-order valence-electron chi connectivity index (χ2n) is 10.5. The van der Waals surface area contributed by atoms with Crippen LogP contribution < -0.4 is 15.9 Å². The van der Waals surface area contributed by atoms with Crippen LogP contribution in [0.15, 0.2) is 119 Å². The zero-order valence-electron chi connectivity index (χ0n) is 23.8. The van der Waals surface area contributed by atoms with Gasteiger partial charge < -0.3 is 4.74 Å². The van der Waals surface area contributed by atoms with Gasteiger partial charge in [-0.2, -0.15) is 0 Å². The van der Waals surface area contributed by atoms with Crippen molar-refractivity contribution in [3.63, 3.8) is 0 Å². The number of hydrogen-bond donors (Lipinski definition) is 2. The normalized spacial score (nSPS) is 11.2. The average molecular weight is 557 g/mol. The first-order chi connectivity index (χ1) is 20.4. The van der Waals surface area contributed by atoms with Gasteiger partial charge in [0.25, 0.3) is 11.1 Å². The van der Waals surface area contributed by atoms with E-state index in [0.717, 1.165) is 22.5 Å². The van der Waals surface area contributed by atoms with Crippen LogP contribution in [0.25, 0.3) is 11.4 Å². The number of aromatic nitrogens is 4. The lowest BCUT2D eigenvalue weighted by molar-refractivity contribution is 0.306. The molecule has 0 aliphatic carbocycles. The van der Waals surface area contributed by atoms with Gasteiger partial charge in [-0.15, -0.1) is 0 Å². The van der Waals surface area contributed by atoms with Crippen LogP contribution in [-0.2, 0) is 6.61 Å². The number of H-pyrrole nitrogens is 2. The van der Waals surface area contributed by atoms with Gasteiger partial charge in [0.1, 0.15) is 12.4 Å². The van der Waals surface area contributed by atoms with E-state index in [1.54, 1.807) is 0 Å². The predicted molar refractivity (Wildman–Crippen MR) is 165 cm³/mol. The number of para-hydroxylation sites is 2. The fraction of sp³-hybridized carbons (Fsp3) is 0.143. The summed E-state index contributed by atoms with van der Waals surface area (Å²) in [6.45, 7) is 6.25. The maximum atomic E-state index is 14.0.